The Morgan fingerprint density at radius 1 is 1.26 bits per heavy atom. The number of aryl methyl sites for hydroxylation is 1. The van der Waals surface area contributed by atoms with Gasteiger partial charge in [-0.3, -0.25) is 4.79 Å². The molecule has 0 aliphatic carbocycles. The minimum atomic E-state index is -1.20. The molecule has 0 aliphatic rings. The van der Waals surface area contributed by atoms with Crippen LogP contribution in [0.25, 0.3) is 0 Å². The second-order valence-electron chi connectivity index (χ2n) is 3.97. The molecule has 0 atom stereocenters. The van der Waals surface area contributed by atoms with E-state index in [0.717, 1.165) is 0 Å². The maximum atomic E-state index is 13.4. The molecule has 0 saturated heterocycles. The first-order valence-electron chi connectivity index (χ1n) is 5.70. The van der Waals surface area contributed by atoms with Gasteiger partial charge in [-0.05, 0) is 6.92 Å². The van der Waals surface area contributed by atoms with Gasteiger partial charge in [-0.1, -0.05) is 0 Å². The quantitative estimate of drug-likeness (QED) is 0.799. The van der Waals surface area contributed by atoms with E-state index in [0.29, 0.717) is 24.5 Å². The van der Waals surface area contributed by atoms with E-state index in [2.05, 4.69) is 4.98 Å². The number of Topliss-reactive ketones (excluding diaryl/α,β-unsaturated/α-hetero) is 1. The lowest BCUT2D eigenvalue weighted by Crippen LogP contribution is -2.13. The van der Waals surface area contributed by atoms with E-state index in [1.54, 1.807) is 10.8 Å². The third-order valence-electron chi connectivity index (χ3n) is 2.75. The molecular weight excluding hydrogens is 257 g/mol. The number of benzene rings is 1. The van der Waals surface area contributed by atoms with Crippen molar-refractivity contribution in [3.05, 3.63) is 53.4 Å². The maximum Gasteiger partial charge on any atom is 0.176 e. The minimum absolute atomic E-state index is 0.236. The fourth-order valence-corrected chi connectivity index (χ4v) is 1.84. The number of ketones is 1. The van der Waals surface area contributed by atoms with Gasteiger partial charge in [0.2, 0.25) is 0 Å². The van der Waals surface area contributed by atoms with Crippen molar-refractivity contribution in [3.8, 4) is 0 Å². The van der Waals surface area contributed by atoms with E-state index < -0.39 is 28.8 Å². The van der Waals surface area contributed by atoms with Crippen LogP contribution in [0.1, 0.15) is 23.1 Å². The molecule has 0 fully saturated rings. The number of carbonyl (C=O) groups excluding carboxylic acids is 1. The van der Waals surface area contributed by atoms with Crippen LogP contribution in [-0.2, 0) is 13.0 Å². The first-order valence-corrected chi connectivity index (χ1v) is 5.70. The Kier molecular flexibility index (Phi) is 3.69. The first kappa shape index (κ1) is 13.3. The van der Waals surface area contributed by atoms with Crippen molar-refractivity contribution in [1.82, 2.24) is 9.55 Å². The van der Waals surface area contributed by atoms with Crippen molar-refractivity contribution in [2.24, 2.45) is 0 Å². The molecule has 0 aliphatic heterocycles. The van der Waals surface area contributed by atoms with Gasteiger partial charge in [0.05, 0.1) is 12.0 Å². The molecule has 0 spiro atoms. The average molecular weight is 268 g/mol. The van der Waals surface area contributed by atoms with Crippen LogP contribution >= 0.6 is 0 Å². The van der Waals surface area contributed by atoms with Gasteiger partial charge in [0.1, 0.15) is 23.3 Å². The van der Waals surface area contributed by atoms with Gasteiger partial charge in [-0.25, -0.2) is 18.2 Å². The lowest BCUT2D eigenvalue weighted by molar-refractivity contribution is 0.0981. The normalized spacial score (nSPS) is 10.7. The van der Waals surface area contributed by atoms with Crippen molar-refractivity contribution < 1.29 is 18.0 Å². The Hall–Kier alpha value is -2.11. The number of rotatable bonds is 4. The summed E-state index contributed by atoms with van der Waals surface area (Å²) in [6.45, 7) is 2.45. The Morgan fingerprint density at radius 3 is 2.47 bits per heavy atom. The van der Waals surface area contributed by atoms with E-state index >= 15 is 0 Å². The molecule has 2 aromatic rings. The maximum absolute atomic E-state index is 13.4. The van der Waals surface area contributed by atoms with Crippen LogP contribution in [0.4, 0.5) is 13.2 Å². The highest BCUT2D eigenvalue weighted by Crippen LogP contribution is 2.17. The van der Waals surface area contributed by atoms with Crippen LogP contribution < -0.4 is 0 Å². The number of hydrogen-bond acceptors (Lipinski definition) is 2. The highest BCUT2D eigenvalue weighted by molar-refractivity contribution is 5.97. The molecule has 0 bridgehead atoms. The monoisotopic (exact) mass is 268 g/mol. The topological polar surface area (TPSA) is 34.9 Å². The van der Waals surface area contributed by atoms with E-state index in [1.165, 1.54) is 6.20 Å². The molecule has 1 aromatic carbocycles. The van der Waals surface area contributed by atoms with Crippen LogP contribution in [0.15, 0.2) is 24.5 Å². The summed E-state index contributed by atoms with van der Waals surface area (Å²) in [5, 5.41) is 0. The van der Waals surface area contributed by atoms with Crippen molar-refractivity contribution in [3.63, 3.8) is 0 Å². The van der Waals surface area contributed by atoms with Gasteiger partial charge in [0.25, 0.3) is 0 Å². The first-order chi connectivity index (χ1) is 9.02. The lowest BCUT2D eigenvalue weighted by Gasteiger charge is -2.06. The number of nitrogens with zero attached hydrogens (tertiary/aromatic N) is 2. The zero-order valence-electron chi connectivity index (χ0n) is 10.2. The van der Waals surface area contributed by atoms with Crippen LogP contribution in [0.3, 0.4) is 0 Å². The molecule has 100 valence electrons. The number of hydrogen-bond donors (Lipinski definition) is 0. The molecule has 0 N–H and O–H groups in total. The SMILES string of the molecule is CCn1ccnc1CC(=O)c1c(F)cc(F)cc1F. The van der Waals surface area contributed by atoms with E-state index in [4.69, 9.17) is 0 Å². The largest absolute Gasteiger partial charge is 0.335 e. The number of carbonyl (C=O) groups is 1. The van der Waals surface area contributed by atoms with Gasteiger partial charge >= 0.3 is 0 Å². The molecule has 1 aromatic heterocycles. The number of imidazole rings is 1. The second kappa shape index (κ2) is 5.26. The van der Waals surface area contributed by atoms with Crippen molar-refractivity contribution in [2.45, 2.75) is 19.9 Å². The molecule has 0 radical (unpaired) electrons. The van der Waals surface area contributed by atoms with Gasteiger partial charge in [-0.15, -0.1) is 0 Å². The Labute approximate surface area is 107 Å². The summed E-state index contributed by atoms with van der Waals surface area (Å²) in [7, 11) is 0. The summed E-state index contributed by atoms with van der Waals surface area (Å²) in [6, 6.07) is 0.977. The summed E-state index contributed by atoms with van der Waals surface area (Å²) >= 11 is 0. The molecule has 0 unspecified atom stereocenters. The van der Waals surface area contributed by atoms with Crippen LogP contribution in [0.2, 0.25) is 0 Å². The van der Waals surface area contributed by atoms with Crippen molar-refractivity contribution in [1.29, 1.82) is 0 Å². The highest BCUT2D eigenvalue weighted by atomic mass is 19.1. The summed E-state index contributed by atoms with van der Waals surface area (Å²) in [4.78, 5) is 15.8. The van der Waals surface area contributed by atoms with E-state index in [1.807, 2.05) is 6.92 Å². The second-order valence-corrected chi connectivity index (χ2v) is 3.97. The zero-order valence-corrected chi connectivity index (χ0v) is 10.2. The third-order valence-corrected chi connectivity index (χ3v) is 2.75. The predicted molar refractivity (Wildman–Crippen MR) is 62.3 cm³/mol. The van der Waals surface area contributed by atoms with Crippen molar-refractivity contribution >= 4 is 5.78 Å². The van der Waals surface area contributed by atoms with E-state index in [-0.39, 0.29) is 6.42 Å². The Balaban J connectivity index is 2.31. The Bertz CT molecular complexity index is 599. The summed E-state index contributed by atoms with van der Waals surface area (Å²) in [5.41, 5.74) is -0.730. The summed E-state index contributed by atoms with van der Waals surface area (Å²) < 4.78 is 41.3. The summed E-state index contributed by atoms with van der Waals surface area (Å²) in [6.07, 6.45) is 2.93. The van der Waals surface area contributed by atoms with Gasteiger partial charge in [0.15, 0.2) is 5.78 Å². The molecule has 3 nitrogen and oxygen atoms in total. The molecule has 0 amide bonds. The number of aromatic nitrogens is 2. The molecule has 19 heavy (non-hydrogen) atoms. The fourth-order valence-electron chi connectivity index (χ4n) is 1.84. The predicted octanol–water partition coefficient (Wildman–Crippen LogP) is 2.75. The standard InChI is InChI=1S/C13H11F3N2O/c1-2-18-4-3-17-12(18)7-11(19)13-9(15)5-8(14)6-10(13)16/h3-6H,2,7H2,1H3. The zero-order chi connectivity index (χ0) is 14.0. The van der Waals surface area contributed by atoms with Crippen LogP contribution in [0.5, 0.6) is 0 Å². The smallest absolute Gasteiger partial charge is 0.176 e. The molecule has 1 heterocycles. The van der Waals surface area contributed by atoms with Gasteiger partial charge in [0, 0.05) is 31.1 Å². The Morgan fingerprint density at radius 2 is 1.89 bits per heavy atom. The fraction of sp³-hybridized carbons (Fsp3) is 0.231. The van der Waals surface area contributed by atoms with Crippen LogP contribution in [0, 0.1) is 17.5 Å². The lowest BCUT2D eigenvalue weighted by atomic mass is 10.1. The van der Waals surface area contributed by atoms with Gasteiger partial charge in [-0.2, -0.15) is 0 Å². The molecular formula is C13H11F3N2O. The highest BCUT2D eigenvalue weighted by Gasteiger charge is 2.20. The number of halogens is 3. The summed E-state index contributed by atoms with van der Waals surface area (Å²) in [5.74, 6) is -3.80. The molecule has 6 heteroatoms. The van der Waals surface area contributed by atoms with Crippen LogP contribution in [-0.4, -0.2) is 15.3 Å². The molecule has 0 saturated carbocycles. The molecule has 2 rings (SSSR count). The average Bonchev–Trinajstić information content (AvgIpc) is 2.74. The van der Waals surface area contributed by atoms with Crippen molar-refractivity contribution in [2.75, 3.05) is 0 Å². The third kappa shape index (κ3) is 2.67. The van der Waals surface area contributed by atoms with Gasteiger partial charge < -0.3 is 4.57 Å². The van der Waals surface area contributed by atoms with E-state index in [9.17, 15) is 18.0 Å². The minimum Gasteiger partial charge on any atom is -0.335 e.